The number of para-hydroxylation sites is 1. The van der Waals surface area contributed by atoms with E-state index in [-0.39, 0.29) is 0 Å². The van der Waals surface area contributed by atoms with Gasteiger partial charge in [-0.2, -0.15) is 0 Å². The van der Waals surface area contributed by atoms with Gasteiger partial charge in [-0.3, -0.25) is 9.78 Å². The Morgan fingerprint density at radius 3 is 2.33 bits per heavy atom. The molecule has 0 saturated heterocycles. The van der Waals surface area contributed by atoms with Crippen LogP contribution in [0.1, 0.15) is 10.4 Å². The molecule has 0 spiro atoms. The molecule has 0 saturated carbocycles. The molecule has 0 atom stereocenters. The summed E-state index contributed by atoms with van der Waals surface area (Å²) >= 11 is 3.46. The number of primary amides is 1. The van der Waals surface area contributed by atoms with Crippen molar-refractivity contribution in [3.05, 3.63) is 89.0 Å². The molecular weight excluding hydrogens is 402 g/mol. The molecule has 0 aliphatic carbocycles. The van der Waals surface area contributed by atoms with Crippen LogP contribution in [0, 0.1) is 0 Å². The summed E-state index contributed by atoms with van der Waals surface area (Å²) in [5, 5.41) is 4.16. The number of carbonyl (C=O) groups excluding carboxylic acids is 1. The maximum atomic E-state index is 11.9. The number of hydrogen-bond donors (Lipinski definition) is 2. The minimum absolute atomic E-state index is 0.364. The fraction of sp³-hybridized carbons (Fsp3) is 0. The predicted octanol–water partition coefficient (Wildman–Crippen LogP) is 5.51. The first-order valence-corrected chi connectivity index (χ1v) is 9.22. The predicted molar refractivity (Wildman–Crippen MR) is 113 cm³/mol. The van der Waals surface area contributed by atoms with Crippen LogP contribution < -0.4 is 11.1 Å². The van der Waals surface area contributed by atoms with Gasteiger partial charge in [0.05, 0.1) is 16.8 Å². The standard InChI is InChI=1S/C22H16BrN3O/c23-16-9-6-14(7-10-16)15-8-11-18-20(12-15)25-13-19(22(24)27)21(18)26-17-4-2-1-3-5-17/h1-13H,(H2,24,27)(H,25,26). The Labute approximate surface area is 165 Å². The van der Waals surface area contributed by atoms with E-state index >= 15 is 0 Å². The number of hydrogen-bond acceptors (Lipinski definition) is 3. The molecule has 0 fully saturated rings. The molecule has 3 aromatic carbocycles. The third kappa shape index (κ3) is 3.55. The fourth-order valence-electron chi connectivity index (χ4n) is 3.00. The molecule has 4 rings (SSSR count). The van der Waals surface area contributed by atoms with Gasteiger partial charge in [-0.1, -0.05) is 58.4 Å². The van der Waals surface area contributed by atoms with Crippen LogP contribution in [-0.4, -0.2) is 10.9 Å². The fourth-order valence-corrected chi connectivity index (χ4v) is 3.27. The summed E-state index contributed by atoms with van der Waals surface area (Å²) in [6.07, 6.45) is 1.53. The summed E-state index contributed by atoms with van der Waals surface area (Å²) in [6, 6.07) is 23.8. The molecule has 0 bridgehead atoms. The highest BCUT2D eigenvalue weighted by molar-refractivity contribution is 9.10. The Kier molecular flexibility index (Phi) is 4.60. The molecule has 1 heterocycles. The quantitative estimate of drug-likeness (QED) is 0.460. The molecule has 1 amide bonds. The van der Waals surface area contributed by atoms with Crippen LogP contribution in [0.3, 0.4) is 0 Å². The number of carbonyl (C=O) groups is 1. The third-order valence-corrected chi connectivity index (χ3v) is 4.88. The highest BCUT2D eigenvalue weighted by Gasteiger charge is 2.14. The van der Waals surface area contributed by atoms with E-state index < -0.39 is 5.91 Å². The van der Waals surface area contributed by atoms with Crippen molar-refractivity contribution in [2.45, 2.75) is 0 Å². The average Bonchev–Trinajstić information content (AvgIpc) is 2.69. The van der Waals surface area contributed by atoms with E-state index in [9.17, 15) is 4.79 Å². The molecule has 132 valence electrons. The van der Waals surface area contributed by atoms with Crippen molar-refractivity contribution in [3.8, 4) is 11.1 Å². The van der Waals surface area contributed by atoms with Crippen molar-refractivity contribution < 1.29 is 4.79 Å². The summed E-state index contributed by atoms with van der Waals surface area (Å²) in [6.45, 7) is 0. The second-order valence-electron chi connectivity index (χ2n) is 6.14. The molecule has 0 unspecified atom stereocenters. The van der Waals surface area contributed by atoms with Gasteiger partial charge in [-0.15, -0.1) is 0 Å². The van der Waals surface area contributed by atoms with Crippen LogP contribution in [0.5, 0.6) is 0 Å². The second-order valence-corrected chi connectivity index (χ2v) is 7.06. The third-order valence-electron chi connectivity index (χ3n) is 4.36. The van der Waals surface area contributed by atoms with Gasteiger partial charge in [0, 0.05) is 21.7 Å². The molecule has 0 aliphatic heterocycles. The first-order chi connectivity index (χ1) is 13.1. The number of halogens is 1. The largest absolute Gasteiger partial charge is 0.365 e. The average molecular weight is 418 g/mol. The number of pyridine rings is 1. The molecule has 4 aromatic rings. The lowest BCUT2D eigenvalue weighted by atomic mass is 10.0. The number of anilines is 2. The van der Waals surface area contributed by atoms with E-state index in [1.165, 1.54) is 6.20 Å². The lowest BCUT2D eigenvalue weighted by Crippen LogP contribution is -2.14. The van der Waals surface area contributed by atoms with Gasteiger partial charge in [-0.05, 0) is 41.5 Å². The molecule has 3 N–H and O–H groups in total. The number of rotatable bonds is 4. The highest BCUT2D eigenvalue weighted by atomic mass is 79.9. The van der Waals surface area contributed by atoms with E-state index in [1.807, 2.05) is 72.8 Å². The van der Waals surface area contributed by atoms with Gasteiger partial charge in [0.15, 0.2) is 0 Å². The van der Waals surface area contributed by atoms with E-state index in [0.717, 1.165) is 32.2 Å². The van der Waals surface area contributed by atoms with Crippen LogP contribution in [0.15, 0.2) is 83.5 Å². The SMILES string of the molecule is NC(=O)c1cnc2cc(-c3ccc(Br)cc3)ccc2c1Nc1ccccc1. The lowest BCUT2D eigenvalue weighted by molar-refractivity contribution is 0.100. The Bertz CT molecular complexity index is 1130. The molecule has 0 aliphatic rings. The normalized spacial score (nSPS) is 10.7. The number of amides is 1. The number of nitrogens with zero attached hydrogens (tertiary/aromatic N) is 1. The molecule has 1 aromatic heterocycles. The van der Waals surface area contributed by atoms with Crippen LogP contribution in [0.25, 0.3) is 22.0 Å². The first-order valence-electron chi connectivity index (χ1n) is 8.42. The van der Waals surface area contributed by atoms with E-state index in [1.54, 1.807) is 0 Å². The summed E-state index contributed by atoms with van der Waals surface area (Å²) < 4.78 is 1.03. The lowest BCUT2D eigenvalue weighted by Gasteiger charge is -2.14. The van der Waals surface area contributed by atoms with E-state index in [0.29, 0.717) is 11.3 Å². The van der Waals surface area contributed by atoms with E-state index in [4.69, 9.17) is 5.73 Å². The molecule has 4 nitrogen and oxygen atoms in total. The number of benzene rings is 3. The number of aromatic nitrogens is 1. The Morgan fingerprint density at radius 1 is 0.926 bits per heavy atom. The van der Waals surface area contributed by atoms with Crippen molar-refractivity contribution in [1.29, 1.82) is 0 Å². The molecular formula is C22H16BrN3O. The molecule has 5 heteroatoms. The summed E-state index contributed by atoms with van der Waals surface area (Å²) in [5.41, 5.74) is 10.4. The van der Waals surface area contributed by atoms with Crippen molar-refractivity contribution in [1.82, 2.24) is 4.98 Å². The Balaban J connectivity index is 1.85. The van der Waals surface area contributed by atoms with Gasteiger partial charge in [0.2, 0.25) is 0 Å². The number of nitrogens with one attached hydrogen (secondary N) is 1. The zero-order valence-electron chi connectivity index (χ0n) is 14.3. The smallest absolute Gasteiger partial charge is 0.252 e. The maximum absolute atomic E-state index is 11.9. The molecule has 27 heavy (non-hydrogen) atoms. The van der Waals surface area contributed by atoms with Gasteiger partial charge in [0.1, 0.15) is 0 Å². The van der Waals surface area contributed by atoms with Crippen molar-refractivity contribution in [2.75, 3.05) is 5.32 Å². The van der Waals surface area contributed by atoms with Crippen molar-refractivity contribution >= 4 is 44.1 Å². The minimum Gasteiger partial charge on any atom is -0.365 e. The Hall–Kier alpha value is -3.18. The van der Waals surface area contributed by atoms with Crippen LogP contribution in [-0.2, 0) is 0 Å². The highest BCUT2D eigenvalue weighted by Crippen LogP contribution is 2.32. The monoisotopic (exact) mass is 417 g/mol. The number of nitrogens with two attached hydrogens (primary N) is 1. The van der Waals surface area contributed by atoms with Crippen LogP contribution >= 0.6 is 15.9 Å². The Morgan fingerprint density at radius 2 is 1.63 bits per heavy atom. The molecule has 0 radical (unpaired) electrons. The number of fused-ring (bicyclic) bond motifs is 1. The van der Waals surface area contributed by atoms with Gasteiger partial charge >= 0.3 is 0 Å². The zero-order chi connectivity index (χ0) is 18.8. The second kappa shape index (κ2) is 7.21. The van der Waals surface area contributed by atoms with Gasteiger partial charge in [-0.25, -0.2) is 0 Å². The van der Waals surface area contributed by atoms with Crippen molar-refractivity contribution in [3.63, 3.8) is 0 Å². The van der Waals surface area contributed by atoms with Crippen LogP contribution in [0.4, 0.5) is 11.4 Å². The van der Waals surface area contributed by atoms with Gasteiger partial charge in [0.25, 0.3) is 5.91 Å². The van der Waals surface area contributed by atoms with Gasteiger partial charge < -0.3 is 11.1 Å². The summed E-state index contributed by atoms with van der Waals surface area (Å²) in [7, 11) is 0. The summed E-state index contributed by atoms with van der Waals surface area (Å²) in [4.78, 5) is 16.4. The summed E-state index contributed by atoms with van der Waals surface area (Å²) in [5.74, 6) is -0.514. The first kappa shape index (κ1) is 17.2. The topological polar surface area (TPSA) is 68.0 Å². The zero-order valence-corrected chi connectivity index (χ0v) is 15.9. The van der Waals surface area contributed by atoms with Crippen molar-refractivity contribution in [2.24, 2.45) is 5.73 Å². The maximum Gasteiger partial charge on any atom is 0.252 e. The minimum atomic E-state index is -0.514. The van der Waals surface area contributed by atoms with E-state index in [2.05, 4.69) is 26.2 Å². The van der Waals surface area contributed by atoms with Crippen LogP contribution in [0.2, 0.25) is 0 Å².